The van der Waals surface area contributed by atoms with Gasteiger partial charge in [-0.15, -0.1) is 5.10 Å². The van der Waals surface area contributed by atoms with Crippen molar-refractivity contribution in [3.8, 4) is 0 Å². The molecule has 1 aromatic carbocycles. The zero-order valence-corrected chi connectivity index (χ0v) is 16.8. The van der Waals surface area contributed by atoms with Crippen LogP contribution in [0.2, 0.25) is 0 Å². The number of hydrogen-bond donors (Lipinski definition) is 2. The number of aryl methyl sites for hydroxylation is 1. The van der Waals surface area contributed by atoms with E-state index in [1.165, 1.54) is 9.47 Å². The number of nitrogens with zero attached hydrogens (tertiary/aromatic N) is 5. The number of rotatable bonds is 7. The smallest absolute Gasteiger partial charge is 0.330 e. The van der Waals surface area contributed by atoms with Crippen molar-refractivity contribution in [2.45, 2.75) is 46.7 Å². The maximum Gasteiger partial charge on any atom is 0.330 e. The highest BCUT2D eigenvalue weighted by molar-refractivity contribution is 6.08. The van der Waals surface area contributed by atoms with E-state index in [0.717, 1.165) is 18.4 Å². The van der Waals surface area contributed by atoms with Gasteiger partial charge >= 0.3 is 5.69 Å². The Kier molecular flexibility index (Phi) is 5.81. The third kappa shape index (κ3) is 3.65. The highest BCUT2D eigenvalue weighted by Crippen LogP contribution is 2.21. The molecule has 0 aliphatic carbocycles. The van der Waals surface area contributed by atoms with Gasteiger partial charge in [-0.05, 0) is 38.5 Å². The van der Waals surface area contributed by atoms with Gasteiger partial charge in [0.25, 0.3) is 11.5 Å². The van der Waals surface area contributed by atoms with E-state index in [9.17, 15) is 14.4 Å². The van der Waals surface area contributed by atoms with Crippen LogP contribution in [0.1, 0.15) is 44.0 Å². The zero-order valence-electron chi connectivity index (χ0n) is 16.8. The van der Waals surface area contributed by atoms with Crippen molar-refractivity contribution in [3.63, 3.8) is 0 Å². The molecule has 0 spiro atoms. The van der Waals surface area contributed by atoms with E-state index in [4.69, 9.17) is 5.73 Å². The van der Waals surface area contributed by atoms with Crippen molar-refractivity contribution in [1.82, 2.24) is 24.5 Å². The van der Waals surface area contributed by atoms with Crippen molar-refractivity contribution in [3.05, 3.63) is 44.6 Å². The zero-order chi connectivity index (χ0) is 21.1. The molecule has 3 N–H and O–H groups in total. The summed E-state index contributed by atoms with van der Waals surface area (Å²) in [7, 11) is 0. The second-order valence-corrected chi connectivity index (χ2v) is 6.66. The summed E-state index contributed by atoms with van der Waals surface area (Å²) >= 11 is 0. The molecular weight excluding hydrogens is 374 g/mol. The van der Waals surface area contributed by atoms with E-state index in [2.05, 4.69) is 15.3 Å². The van der Waals surface area contributed by atoms with Crippen LogP contribution in [0, 0.1) is 0 Å². The Morgan fingerprint density at radius 3 is 2.66 bits per heavy atom. The maximum atomic E-state index is 13.2. The number of hydrogen-bond acceptors (Lipinski definition) is 6. The Morgan fingerprint density at radius 1 is 1.24 bits per heavy atom. The molecule has 0 radical (unpaired) electrons. The van der Waals surface area contributed by atoms with Crippen molar-refractivity contribution >= 4 is 28.4 Å². The largest absolute Gasteiger partial charge is 0.383 e. The van der Waals surface area contributed by atoms with E-state index in [-0.39, 0.29) is 18.1 Å². The average molecular weight is 399 g/mol. The van der Waals surface area contributed by atoms with Crippen molar-refractivity contribution < 1.29 is 4.79 Å². The quantitative estimate of drug-likeness (QED) is 0.616. The first-order chi connectivity index (χ1) is 13.9. The summed E-state index contributed by atoms with van der Waals surface area (Å²) in [6.07, 6.45) is 1.58. The van der Waals surface area contributed by atoms with Crippen molar-refractivity contribution in [2.24, 2.45) is 0 Å². The molecule has 0 atom stereocenters. The van der Waals surface area contributed by atoms with Gasteiger partial charge in [-0.1, -0.05) is 18.6 Å². The van der Waals surface area contributed by atoms with E-state index in [1.54, 1.807) is 29.8 Å². The molecule has 0 bridgehead atoms. The highest BCUT2D eigenvalue weighted by Gasteiger charge is 2.24. The lowest BCUT2D eigenvalue weighted by Crippen LogP contribution is -2.41. The Bertz CT molecular complexity index is 1160. The fraction of sp³-hybridized carbons (Fsp3) is 0.421. The van der Waals surface area contributed by atoms with Crippen LogP contribution >= 0.6 is 0 Å². The average Bonchev–Trinajstić information content (AvgIpc) is 3.12. The molecule has 0 unspecified atom stereocenters. The summed E-state index contributed by atoms with van der Waals surface area (Å²) in [6, 6.07) is 5.08. The molecule has 10 nitrogen and oxygen atoms in total. The van der Waals surface area contributed by atoms with Gasteiger partial charge in [0.15, 0.2) is 5.69 Å². The van der Waals surface area contributed by atoms with Gasteiger partial charge in [-0.25, -0.2) is 9.48 Å². The van der Waals surface area contributed by atoms with Gasteiger partial charge in [0.2, 0.25) is 0 Å². The molecular formula is C19H25N7O3. The second-order valence-electron chi connectivity index (χ2n) is 6.66. The third-order valence-electron chi connectivity index (χ3n) is 4.84. The number of benzene rings is 1. The van der Waals surface area contributed by atoms with Crippen LogP contribution in [-0.4, -0.2) is 37.0 Å². The van der Waals surface area contributed by atoms with Gasteiger partial charge < -0.3 is 10.6 Å². The van der Waals surface area contributed by atoms with Crippen LogP contribution in [0.4, 0.5) is 11.5 Å². The molecule has 0 aliphatic rings. The number of H-pyrrole nitrogens is 1. The van der Waals surface area contributed by atoms with E-state index in [0.29, 0.717) is 24.2 Å². The molecule has 0 saturated carbocycles. The normalized spacial score (nSPS) is 11.1. The molecule has 1 amide bonds. The standard InChI is InChI=1S/C19H25N7O3/c1-4-7-10-25-16(20)15(17(27)21-19(25)29)24(5-2)18(28)12-8-9-14-13(11-12)22-23-26(14)6-3/h8-9,11H,4-7,10,20H2,1-3H3,(H,21,27,29). The van der Waals surface area contributed by atoms with Crippen molar-refractivity contribution in [2.75, 3.05) is 17.2 Å². The molecule has 29 heavy (non-hydrogen) atoms. The Labute approximate surface area is 166 Å². The van der Waals surface area contributed by atoms with Gasteiger partial charge in [-0.2, -0.15) is 0 Å². The highest BCUT2D eigenvalue weighted by atomic mass is 16.2. The van der Waals surface area contributed by atoms with Crippen LogP contribution in [0.25, 0.3) is 11.0 Å². The number of anilines is 2. The summed E-state index contributed by atoms with van der Waals surface area (Å²) in [5, 5.41) is 8.13. The van der Waals surface area contributed by atoms with Gasteiger partial charge in [0.1, 0.15) is 11.3 Å². The summed E-state index contributed by atoms with van der Waals surface area (Å²) in [5.41, 5.74) is 6.62. The summed E-state index contributed by atoms with van der Waals surface area (Å²) < 4.78 is 3.03. The number of nitrogens with two attached hydrogens (primary N) is 1. The Morgan fingerprint density at radius 2 is 2.00 bits per heavy atom. The first kappa shape index (κ1) is 20.3. The molecule has 2 heterocycles. The third-order valence-corrected chi connectivity index (χ3v) is 4.84. The first-order valence-electron chi connectivity index (χ1n) is 9.70. The predicted octanol–water partition coefficient (Wildman–Crippen LogP) is 1.35. The first-order valence-corrected chi connectivity index (χ1v) is 9.70. The minimum atomic E-state index is -0.687. The number of carbonyl (C=O) groups excluding carboxylic acids is 1. The number of nitrogens with one attached hydrogen (secondary N) is 1. The lowest BCUT2D eigenvalue weighted by molar-refractivity contribution is 0.0988. The molecule has 2 aromatic heterocycles. The number of aromatic nitrogens is 5. The molecule has 3 rings (SSSR count). The SMILES string of the molecule is CCCCn1c(N)c(N(CC)C(=O)c2ccc3c(c2)nnn3CC)c(=O)[nH]c1=O. The monoisotopic (exact) mass is 399 g/mol. The fourth-order valence-electron chi connectivity index (χ4n) is 3.27. The predicted molar refractivity (Wildman–Crippen MR) is 111 cm³/mol. The number of nitrogen functional groups attached to an aromatic ring is 1. The number of aromatic amines is 1. The topological polar surface area (TPSA) is 132 Å². The van der Waals surface area contributed by atoms with E-state index < -0.39 is 17.2 Å². The lowest BCUT2D eigenvalue weighted by atomic mass is 10.1. The lowest BCUT2D eigenvalue weighted by Gasteiger charge is -2.23. The van der Waals surface area contributed by atoms with Crippen LogP contribution < -0.4 is 21.9 Å². The number of amides is 1. The maximum absolute atomic E-state index is 13.2. The number of unbranched alkanes of at least 4 members (excludes halogenated alkanes) is 1. The minimum absolute atomic E-state index is 0.0135. The molecule has 0 saturated heterocycles. The summed E-state index contributed by atoms with van der Waals surface area (Å²) in [6.45, 7) is 6.91. The van der Waals surface area contributed by atoms with Gasteiger partial charge in [0.05, 0.1) is 5.52 Å². The Hall–Kier alpha value is -3.43. The number of carbonyl (C=O) groups is 1. The summed E-state index contributed by atoms with van der Waals surface area (Å²) in [5.74, 6) is -0.418. The molecule has 10 heteroatoms. The van der Waals surface area contributed by atoms with Gasteiger partial charge in [0, 0.05) is 25.2 Å². The Balaban J connectivity index is 2.06. The summed E-state index contributed by atoms with van der Waals surface area (Å²) in [4.78, 5) is 41.4. The van der Waals surface area contributed by atoms with Crippen molar-refractivity contribution in [1.29, 1.82) is 0 Å². The molecule has 0 aliphatic heterocycles. The minimum Gasteiger partial charge on any atom is -0.383 e. The number of fused-ring (bicyclic) bond motifs is 1. The van der Waals surface area contributed by atoms with Crippen LogP contribution in [0.3, 0.4) is 0 Å². The second kappa shape index (κ2) is 8.29. The molecule has 0 fully saturated rings. The fourth-order valence-corrected chi connectivity index (χ4v) is 3.27. The van der Waals surface area contributed by atoms with Gasteiger partial charge in [-0.3, -0.25) is 19.1 Å². The van der Waals surface area contributed by atoms with E-state index >= 15 is 0 Å². The van der Waals surface area contributed by atoms with E-state index in [1.807, 2.05) is 13.8 Å². The molecule has 154 valence electrons. The van der Waals surface area contributed by atoms with Crippen LogP contribution in [0.15, 0.2) is 27.8 Å². The van der Waals surface area contributed by atoms with Crippen LogP contribution in [0.5, 0.6) is 0 Å². The van der Waals surface area contributed by atoms with Crippen LogP contribution in [-0.2, 0) is 13.1 Å². The molecule has 3 aromatic rings.